The third kappa shape index (κ3) is 4.46. The normalized spacial score (nSPS) is 21.5. The van der Waals surface area contributed by atoms with E-state index in [1.54, 1.807) is 6.92 Å². The Morgan fingerprint density at radius 3 is 2.56 bits per heavy atom. The molecule has 0 radical (unpaired) electrons. The van der Waals surface area contributed by atoms with E-state index in [0.717, 1.165) is 54.8 Å². The number of hydrogen-bond acceptors (Lipinski definition) is 4. The smallest absolute Gasteiger partial charge is 0.417 e. The molecule has 0 bridgehead atoms. The first kappa shape index (κ1) is 23.0. The summed E-state index contributed by atoms with van der Waals surface area (Å²) in [4.78, 5) is 17.4. The number of benzene rings is 1. The number of carbonyl (C=O) groups is 1. The lowest BCUT2D eigenvalue weighted by molar-refractivity contribution is -0.142. The van der Waals surface area contributed by atoms with E-state index in [4.69, 9.17) is 4.74 Å². The molecule has 8 heteroatoms. The molecule has 2 aliphatic heterocycles. The van der Waals surface area contributed by atoms with Gasteiger partial charge in [0.25, 0.3) is 0 Å². The lowest BCUT2D eigenvalue weighted by Crippen LogP contribution is -2.50. The van der Waals surface area contributed by atoms with Crippen molar-refractivity contribution in [2.45, 2.75) is 63.1 Å². The number of rotatable bonds is 5. The number of nitrogens with zero attached hydrogens (tertiary/aromatic N) is 2. The van der Waals surface area contributed by atoms with Gasteiger partial charge in [-0.3, -0.25) is 9.78 Å². The average Bonchev–Trinajstić information content (AvgIpc) is 3.64. The third-order valence-corrected chi connectivity index (χ3v) is 7.80. The molecule has 1 aromatic carbocycles. The summed E-state index contributed by atoms with van der Waals surface area (Å²) in [5.74, 6) is 0.00240. The summed E-state index contributed by atoms with van der Waals surface area (Å²) < 4.78 is 45.8. The van der Waals surface area contributed by atoms with E-state index in [2.05, 4.69) is 17.1 Å². The van der Waals surface area contributed by atoms with Crippen LogP contribution in [0.2, 0.25) is 0 Å². The topological polar surface area (TPSA) is 62.7 Å². The van der Waals surface area contributed by atoms with Crippen molar-refractivity contribution in [3.05, 3.63) is 53.3 Å². The number of alkyl halides is 3. The molecule has 2 fully saturated rings. The molecule has 5 rings (SSSR count). The van der Waals surface area contributed by atoms with Crippen LogP contribution in [0.3, 0.4) is 0 Å². The molecule has 3 aliphatic rings. The van der Waals surface area contributed by atoms with E-state index in [1.165, 1.54) is 6.20 Å². The lowest BCUT2D eigenvalue weighted by Gasteiger charge is -2.45. The van der Waals surface area contributed by atoms with Crippen molar-refractivity contribution in [2.24, 2.45) is 11.8 Å². The fraction of sp³-hybridized carbons (Fsp3) is 0.538. The number of hydrogen-bond donors (Lipinski definition) is 1. The third-order valence-electron chi connectivity index (χ3n) is 7.80. The number of pyridine rings is 1. The molecule has 3 heterocycles. The Labute approximate surface area is 196 Å². The predicted octanol–water partition coefficient (Wildman–Crippen LogP) is 5.68. The zero-order valence-corrected chi connectivity index (χ0v) is 19.1. The summed E-state index contributed by atoms with van der Waals surface area (Å²) in [5, 5.41) is 9.61. The monoisotopic (exact) mass is 474 g/mol. The number of halogens is 3. The SMILES string of the molecule is C[C@H](C(=O)O)[C@H](c1ccc2c(c1)OC1(CC2)CCN(c2cncc(C(F)(F)F)c2)CC1)C1CC1. The first-order valence-corrected chi connectivity index (χ1v) is 12.0. The fourth-order valence-corrected chi connectivity index (χ4v) is 5.59. The minimum atomic E-state index is -4.41. The number of aryl methyl sites for hydroxylation is 1. The van der Waals surface area contributed by atoms with E-state index in [0.29, 0.717) is 37.5 Å². The van der Waals surface area contributed by atoms with Gasteiger partial charge in [-0.25, -0.2) is 0 Å². The van der Waals surface area contributed by atoms with Gasteiger partial charge in [0, 0.05) is 32.1 Å². The molecule has 1 spiro atoms. The second-order valence-corrected chi connectivity index (χ2v) is 10.1. The van der Waals surface area contributed by atoms with E-state index in [-0.39, 0.29) is 11.5 Å². The van der Waals surface area contributed by atoms with Crippen molar-refractivity contribution < 1.29 is 27.8 Å². The molecule has 5 nitrogen and oxygen atoms in total. The van der Waals surface area contributed by atoms with E-state index in [9.17, 15) is 23.1 Å². The number of aromatic nitrogens is 1. The molecule has 1 saturated carbocycles. The van der Waals surface area contributed by atoms with Gasteiger partial charge >= 0.3 is 12.1 Å². The number of carboxylic acids is 1. The number of aliphatic carboxylic acids is 1. The Bertz CT molecular complexity index is 1080. The molecule has 1 N–H and O–H groups in total. The number of piperidine rings is 1. The zero-order chi connectivity index (χ0) is 24.1. The molecular formula is C26H29F3N2O3. The van der Waals surface area contributed by atoms with Gasteiger partial charge in [-0.1, -0.05) is 19.1 Å². The van der Waals surface area contributed by atoms with Crippen LogP contribution in [-0.2, 0) is 17.4 Å². The highest BCUT2D eigenvalue weighted by molar-refractivity contribution is 5.71. The van der Waals surface area contributed by atoms with Gasteiger partial charge in [-0.15, -0.1) is 0 Å². The van der Waals surface area contributed by atoms with Crippen LogP contribution in [0.5, 0.6) is 5.75 Å². The van der Waals surface area contributed by atoms with E-state index < -0.39 is 23.6 Å². The van der Waals surface area contributed by atoms with Crippen molar-refractivity contribution in [1.29, 1.82) is 0 Å². The van der Waals surface area contributed by atoms with Crippen LogP contribution in [0.4, 0.5) is 18.9 Å². The maximum Gasteiger partial charge on any atom is 0.417 e. The molecule has 1 saturated heterocycles. The Kier molecular flexibility index (Phi) is 5.73. The molecule has 182 valence electrons. The Morgan fingerprint density at radius 2 is 1.91 bits per heavy atom. The summed E-state index contributed by atoms with van der Waals surface area (Å²) in [6.45, 7) is 2.98. The van der Waals surface area contributed by atoms with Crippen molar-refractivity contribution in [3.8, 4) is 5.75 Å². The van der Waals surface area contributed by atoms with Gasteiger partial charge < -0.3 is 14.7 Å². The average molecular weight is 475 g/mol. The van der Waals surface area contributed by atoms with Crippen molar-refractivity contribution >= 4 is 11.7 Å². The van der Waals surface area contributed by atoms with Crippen LogP contribution in [0, 0.1) is 11.8 Å². The molecule has 0 amide bonds. The summed E-state index contributed by atoms with van der Waals surface area (Å²) >= 11 is 0. The number of anilines is 1. The quantitative estimate of drug-likeness (QED) is 0.604. The number of carboxylic acid groups (broad SMARTS) is 1. The Balaban J connectivity index is 1.31. The van der Waals surface area contributed by atoms with Crippen molar-refractivity contribution in [2.75, 3.05) is 18.0 Å². The molecule has 0 unspecified atom stereocenters. The largest absolute Gasteiger partial charge is 0.487 e. The standard InChI is InChI=1S/C26H29F3N2O3/c1-16(24(32)33)23(18-3-4-18)19-5-2-17-6-7-25(34-22(17)12-19)8-10-31(11-9-25)21-13-20(14-30-15-21)26(27,28)29/h2,5,12-16,18,23H,3-4,6-11H2,1H3,(H,32,33)/t16-,23-/m0/s1. The molecule has 1 aromatic heterocycles. The summed E-state index contributed by atoms with van der Waals surface area (Å²) in [7, 11) is 0. The maximum absolute atomic E-state index is 13.1. The van der Waals surface area contributed by atoms with Crippen LogP contribution in [-0.4, -0.2) is 34.8 Å². The van der Waals surface area contributed by atoms with Gasteiger partial charge in [0.2, 0.25) is 0 Å². The van der Waals surface area contributed by atoms with Gasteiger partial charge in [-0.2, -0.15) is 13.2 Å². The molecule has 1 aliphatic carbocycles. The molecular weight excluding hydrogens is 445 g/mol. The minimum Gasteiger partial charge on any atom is -0.487 e. The van der Waals surface area contributed by atoms with E-state index in [1.807, 2.05) is 11.0 Å². The van der Waals surface area contributed by atoms with Gasteiger partial charge in [0.05, 0.1) is 23.4 Å². The highest BCUT2D eigenvalue weighted by atomic mass is 19.4. The highest BCUT2D eigenvalue weighted by Crippen LogP contribution is 2.49. The van der Waals surface area contributed by atoms with Crippen LogP contribution in [0.1, 0.15) is 61.6 Å². The van der Waals surface area contributed by atoms with Gasteiger partial charge in [0.15, 0.2) is 0 Å². The first-order chi connectivity index (χ1) is 16.2. The van der Waals surface area contributed by atoms with Crippen LogP contribution >= 0.6 is 0 Å². The van der Waals surface area contributed by atoms with Crippen LogP contribution < -0.4 is 9.64 Å². The first-order valence-electron chi connectivity index (χ1n) is 12.0. The minimum absolute atomic E-state index is 0.0143. The predicted molar refractivity (Wildman–Crippen MR) is 121 cm³/mol. The summed E-state index contributed by atoms with van der Waals surface area (Å²) in [6.07, 6.45) is 3.22. The highest BCUT2D eigenvalue weighted by Gasteiger charge is 2.42. The summed E-state index contributed by atoms with van der Waals surface area (Å²) in [5.41, 5.74) is 1.57. The molecule has 2 atom stereocenters. The molecule has 2 aromatic rings. The van der Waals surface area contributed by atoms with Crippen molar-refractivity contribution in [1.82, 2.24) is 4.98 Å². The lowest BCUT2D eigenvalue weighted by atomic mass is 9.80. The van der Waals surface area contributed by atoms with Gasteiger partial charge in [0.1, 0.15) is 11.4 Å². The second kappa shape index (κ2) is 8.47. The second-order valence-electron chi connectivity index (χ2n) is 10.1. The van der Waals surface area contributed by atoms with Crippen LogP contribution in [0.25, 0.3) is 0 Å². The van der Waals surface area contributed by atoms with Crippen LogP contribution in [0.15, 0.2) is 36.7 Å². The van der Waals surface area contributed by atoms with Gasteiger partial charge in [-0.05, 0) is 60.8 Å². The zero-order valence-electron chi connectivity index (χ0n) is 19.1. The summed E-state index contributed by atoms with van der Waals surface area (Å²) in [6, 6.07) is 7.34. The Hall–Kier alpha value is -2.77. The van der Waals surface area contributed by atoms with Crippen molar-refractivity contribution in [3.63, 3.8) is 0 Å². The van der Waals surface area contributed by atoms with E-state index >= 15 is 0 Å². The maximum atomic E-state index is 13.1. The number of ether oxygens (including phenoxy) is 1. The molecule has 34 heavy (non-hydrogen) atoms. The fourth-order valence-electron chi connectivity index (χ4n) is 5.59. The number of fused-ring (bicyclic) bond motifs is 1. The Morgan fingerprint density at radius 1 is 1.18 bits per heavy atom.